The maximum absolute atomic E-state index is 12.7. The molecule has 0 bridgehead atoms. The van der Waals surface area contributed by atoms with Crippen molar-refractivity contribution in [1.29, 1.82) is 0 Å². The van der Waals surface area contributed by atoms with E-state index in [0.717, 1.165) is 54.9 Å². The Hall–Kier alpha value is -3.71. The van der Waals surface area contributed by atoms with E-state index in [1.165, 1.54) is 17.2 Å². The minimum absolute atomic E-state index is 0.0382. The highest BCUT2D eigenvalue weighted by molar-refractivity contribution is 5.93. The molecule has 2 aromatic heterocycles. The van der Waals surface area contributed by atoms with Crippen LogP contribution >= 0.6 is 0 Å². The first-order valence-corrected chi connectivity index (χ1v) is 13.5. The molecule has 7 nitrogen and oxygen atoms in total. The van der Waals surface area contributed by atoms with Gasteiger partial charge in [-0.1, -0.05) is 19.1 Å². The molecule has 2 N–H and O–H groups in total. The first kappa shape index (κ1) is 25.9. The van der Waals surface area contributed by atoms with Gasteiger partial charge in [-0.25, -0.2) is 0 Å². The zero-order valence-electron chi connectivity index (χ0n) is 22.7. The zero-order chi connectivity index (χ0) is 27.0. The molecule has 1 aliphatic heterocycles. The van der Waals surface area contributed by atoms with E-state index < -0.39 is 0 Å². The number of carbonyl (C=O) groups excluding carboxylic acids is 1. The van der Waals surface area contributed by atoms with Crippen molar-refractivity contribution in [1.82, 2.24) is 19.4 Å². The molecule has 1 aromatic carbocycles. The molecule has 38 heavy (non-hydrogen) atoms. The van der Waals surface area contributed by atoms with Crippen LogP contribution in [0.1, 0.15) is 59.8 Å². The third kappa shape index (κ3) is 5.03. The average molecular weight is 512 g/mol. The van der Waals surface area contributed by atoms with Gasteiger partial charge in [0.15, 0.2) is 0 Å². The maximum atomic E-state index is 12.7. The molecule has 0 saturated carbocycles. The van der Waals surface area contributed by atoms with Crippen molar-refractivity contribution in [2.45, 2.75) is 45.1 Å². The highest BCUT2D eigenvalue weighted by Crippen LogP contribution is 2.36. The largest absolute Gasteiger partial charge is 0.399 e. The number of aromatic nitrogens is 2. The number of pyridine rings is 2. The van der Waals surface area contributed by atoms with Crippen LogP contribution in [0.2, 0.25) is 0 Å². The lowest BCUT2D eigenvalue weighted by molar-refractivity contribution is 0.0827. The average Bonchev–Trinajstić information content (AvgIpc) is 2.92. The van der Waals surface area contributed by atoms with E-state index in [-0.39, 0.29) is 11.5 Å². The SMILES string of the molecule is CC1Cc2nccc(-n3ccc(N)cc3=O)c2C=C1C(C)N1CCC(c2ccc(C(=O)N(C)C)cc2)CC1. The number of hydrogen-bond acceptors (Lipinski definition) is 5. The first-order valence-electron chi connectivity index (χ1n) is 13.5. The number of amides is 1. The second-order valence-corrected chi connectivity index (χ2v) is 10.9. The zero-order valence-corrected chi connectivity index (χ0v) is 22.7. The molecule has 2 aliphatic rings. The summed E-state index contributed by atoms with van der Waals surface area (Å²) in [5.74, 6) is 0.924. The minimum atomic E-state index is -0.138. The van der Waals surface area contributed by atoms with E-state index in [1.54, 1.807) is 42.0 Å². The fourth-order valence-corrected chi connectivity index (χ4v) is 5.96. The molecule has 1 amide bonds. The van der Waals surface area contributed by atoms with E-state index in [9.17, 15) is 9.59 Å². The number of nitrogen functional groups attached to an aromatic ring is 1. The van der Waals surface area contributed by atoms with Gasteiger partial charge in [-0.15, -0.1) is 0 Å². The predicted octanol–water partition coefficient (Wildman–Crippen LogP) is 4.36. The van der Waals surface area contributed by atoms with Crippen molar-refractivity contribution in [2.75, 3.05) is 32.9 Å². The van der Waals surface area contributed by atoms with Gasteiger partial charge in [-0.3, -0.25) is 24.0 Å². The molecule has 1 saturated heterocycles. The van der Waals surface area contributed by atoms with Gasteiger partial charge < -0.3 is 10.6 Å². The lowest BCUT2D eigenvalue weighted by Crippen LogP contribution is -2.42. The van der Waals surface area contributed by atoms with Crippen LogP contribution in [-0.2, 0) is 6.42 Å². The summed E-state index contributed by atoms with van der Waals surface area (Å²) < 4.78 is 1.66. The molecule has 1 aliphatic carbocycles. The van der Waals surface area contributed by atoms with Crippen molar-refractivity contribution in [3.63, 3.8) is 0 Å². The number of benzene rings is 1. The molecular formula is C31H37N5O2. The van der Waals surface area contributed by atoms with Gasteiger partial charge in [-0.2, -0.15) is 0 Å². The number of fused-ring (bicyclic) bond motifs is 1. The van der Waals surface area contributed by atoms with E-state index in [0.29, 0.717) is 23.6 Å². The van der Waals surface area contributed by atoms with E-state index >= 15 is 0 Å². The Kier molecular flexibility index (Phi) is 7.21. The standard InChI is InChI=1S/C31H37N5O2/c1-20-17-28-27(29(9-13-33-28)36-16-12-25(32)18-30(36)37)19-26(20)21(2)35-14-10-23(11-15-35)22-5-7-24(8-6-22)31(38)34(3)4/h5-9,12-13,16,18-21,23H,10-11,14-15,17,32H2,1-4H3. The predicted molar refractivity (Wildman–Crippen MR) is 153 cm³/mol. The molecule has 1 fully saturated rings. The second-order valence-electron chi connectivity index (χ2n) is 10.9. The monoisotopic (exact) mass is 511 g/mol. The summed E-state index contributed by atoms with van der Waals surface area (Å²) in [5.41, 5.74) is 12.5. The smallest absolute Gasteiger partial charge is 0.257 e. The van der Waals surface area contributed by atoms with Crippen LogP contribution in [0.25, 0.3) is 11.8 Å². The van der Waals surface area contributed by atoms with Gasteiger partial charge in [0, 0.05) is 55.4 Å². The lowest BCUT2D eigenvalue weighted by atomic mass is 9.81. The summed E-state index contributed by atoms with van der Waals surface area (Å²) in [6.07, 6.45) is 8.85. The van der Waals surface area contributed by atoms with Crippen LogP contribution in [0, 0.1) is 5.92 Å². The number of rotatable bonds is 5. The normalized spacial score (nSPS) is 18.9. The Morgan fingerprint density at radius 2 is 1.82 bits per heavy atom. The van der Waals surface area contributed by atoms with Gasteiger partial charge in [0.1, 0.15) is 0 Å². The molecule has 198 valence electrons. The van der Waals surface area contributed by atoms with Crippen LogP contribution in [0.4, 0.5) is 5.69 Å². The molecule has 3 aromatic rings. The van der Waals surface area contributed by atoms with E-state index in [1.807, 2.05) is 18.2 Å². The van der Waals surface area contributed by atoms with Crippen LogP contribution < -0.4 is 11.3 Å². The summed E-state index contributed by atoms with van der Waals surface area (Å²) in [7, 11) is 3.56. The Morgan fingerprint density at radius 1 is 1.11 bits per heavy atom. The molecular weight excluding hydrogens is 474 g/mol. The molecule has 5 rings (SSSR count). The topological polar surface area (TPSA) is 84.5 Å². The van der Waals surface area contributed by atoms with Crippen LogP contribution in [-0.4, -0.2) is 58.5 Å². The fourth-order valence-electron chi connectivity index (χ4n) is 5.96. The number of nitrogens with zero attached hydrogens (tertiary/aromatic N) is 4. The number of piperidine rings is 1. The third-order valence-electron chi connectivity index (χ3n) is 8.23. The Bertz CT molecular complexity index is 1410. The number of anilines is 1. The highest BCUT2D eigenvalue weighted by Gasteiger charge is 2.30. The maximum Gasteiger partial charge on any atom is 0.257 e. The summed E-state index contributed by atoms with van der Waals surface area (Å²) >= 11 is 0. The van der Waals surface area contributed by atoms with Crippen molar-refractivity contribution < 1.29 is 4.79 Å². The summed E-state index contributed by atoms with van der Waals surface area (Å²) in [6, 6.07) is 13.6. The molecule has 7 heteroatoms. The highest BCUT2D eigenvalue weighted by atomic mass is 16.2. The van der Waals surface area contributed by atoms with Crippen molar-refractivity contribution in [2.24, 2.45) is 5.92 Å². The Morgan fingerprint density at radius 3 is 2.47 bits per heavy atom. The summed E-state index contributed by atoms with van der Waals surface area (Å²) in [6.45, 7) is 6.63. The lowest BCUT2D eigenvalue weighted by Gasteiger charge is -2.39. The summed E-state index contributed by atoms with van der Waals surface area (Å²) in [4.78, 5) is 33.8. The third-order valence-corrected chi connectivity index (χ3v) is 8.23. The van der Waals surface area contributed by atoms with Gasteiger partial charge >= 0.3 is 0 Å². The number of nitrogens with two attached hydrogens (primary N) is 1. The summed E-state index contributed by atoms with van der Waals surface area (Å²) in [5, 5.41) is 0. The van der Waals surface area contributed by atoms with Gasteiger partial charge in [0.25, 0.3) is 11.5 Å². The van der Waals surface area contributed by atoms with Crippen molar-refractivity contribution in [3.05, 3.63) is 93.2 Å². The fraction of sp³-hybridized carbons (Fsp3) is 0.387. The Balaban J connectivity index is 1.33. The minimum Gasteiger partial charge on any atom is -0.399 e. The van der Waals surface area contributed by atoms with Crippen LogP contribution in [0.15, 0.2) is 65.2 Å². The first-order chi connectivity index (χ1) is 18.2. The van der Waals surface area contributed by atoms with E-state index in [2.05, 4.69) is 41.9 Å². The molecule has 2 atom stereocenters. The Labute approximate surface area is 224 Å². The van der Waals surface area contributed by atoms with Crippen LogP contribution in [0.3, 0.4) is 0 Å². The van der Waals surface area contributed by atoms with Crippen LogP contribution in [0.5, 0.6) is 0 Å². The molecule has 0 spiro atoms. The number of carbonyl (C=O) groups is 1. The number of likely N-dealkylation sites (tertiary alicyclic amines) is 1. The van der Waals surface area contributed by atoms with Crippen molar-refractivity contribution in [3.8, 4) is 5.69 Å². The molecule has 2 unspecified atom stereocenters. The van der Waals surface area contributed by atoms with Gasteiger partial charge in [0.2, 0.25) is 0 Å². The van der Waals surface area contributed by atoms with E-state index in [4.69, 9.17) is 5.73 Å². The van der Waals surface area contributed by atoms with Crippen molar-refractivity contribution >= 4 is 17.7 Å². The second kappa shape index (κ2) is 10.6. The molecule has 0 radical (unpaired) electrons. The quantitative estimate of drug-likeness (QED) is 0.550. The van der Waals surface area contributed by atoms with Gasteiger partial charge in [-0.05, 0) is 92.6 Å². The van der Waals surface area contributed by atoms with Gasteiger partial charge in [0.05, 0.1) is 11.4 Å². The molecule has 3 heterocycles. The number of hydrogen-bond donors (Lipinski definition) is 1.